The molecule has 1 saturated carbocycles. The van der Waals surface area contributed by atoms with Crippen molar-refractivity contribution in [3.05, 3.63) is 30.1 Å². The highest BCUT2D eigenvalue weighted by molar-refractivity contribution is 6.03. The van der Waals surface area contributed by atoms with E-state index in [1.165, 1.54) is 19.3 Å². The van der Waals surface area contributed by atoms with Gasteiger partial charge in [-0.1, -0.05) is 19.3 Å². The summed E-state index contributed by atoms with van der Waals surface area (Å²) in [7, 11) is 0. The molecule has 0 spiro atoms. The molecule has 4 nitrogen and oxygen atoms in total. The summed E-state index contributed by atoms with van der Waals surface area (Å²) in [6.07, 6.45) is 9.21. The van der Waals surface area contributed by atoms with Crippen LogP contribution in [0.4, 0.5) is 0 Å². The molecule has 0 amide bonds. The van der Waals surface area contributed by atoms with E-state index in [2.05, 4.69) is 15.0 Å². The maximum Gasteiger partial charge on any atom is 0.137 e. The van der Waals surface area contributed by atoms with Gasteiger partial charge in [0.25, 0.3) is 0 Å². The number of hydrogen-bond donors (Lipinski definition) is 1. The Kier molecular flexibility index (Phi) is 3.00. The van der Waals surface area contributed by atoms with E-state index in [-0.39, 0.29) is 11.9 Å². The monoisotopic (exact) mass is 242 g/mol. The second-order valence-electron chi connectivity index (χ2n) is 4.82. The van der Waals surface area contributed by atoms with E-state index in [0.29, 0.717) is 5.56 Å². The topological polar surface area (TPSA) is 64.1 Å². The number of nitrogens with one attached hydrogen (secondary N) is 1. The third kappa shape index (κ3) is 2.10. The summed E-state index contributed by atoms with van der Waals surface area (Å²) in [6, 6.07) is 3.85. The lowest BCUT2D eigenvalue weighted by atomic mass is 9.96. The van der Waals surface area contributed by atoms with E-state index < -0.39 is 0 Å². The lowest BCUT2D eigenvalue weighted by Gasteiger charge is -2.21. The zero-order valence-corrected chi connectivity index (χ0v) is 10.2. The van der Waals surface area contributed by atoms with Gasteiger partial charge in [-0.25, -0.2) is 4.98 Å². The Bertz CT molecular complexity index is 567. The van der Waals surface area contributed by atoms with Gasteiger partial charge in [-0.15, -0.1) is 0 Å². The predicted octanol–water partition coefficient (Wildman–Crippen LogP) is 2.00. The first-order valence-corrected chi connectivity index (χ1v) is 6.52. The Hall–Kier alpha value is -1.84. The Labute approximate surface area is 106 Å². The molecule has 0 bridgehead atoms. The fourth-order valence-electron chi connectivity index (χ4n) is 2.59. The molecule has 0 aliphatic heterocycles. The third-order valence-corrected chi connectivity index (χ3v) is 3.57. The number of fused-ring (bicyclic) bond motifs is 1. The first-order chi connectivity index (χ1) is 8.84. The lowest BCUT2D eigenvalue weighted by molar-refractivity contribution is -0.213. The molecule has 4 heteroatoms. The number of hydrogen-bond acceptors (Lipinski definition) is 3. The Balaban J connectivity index is 1.93. The Morgan fingerprint density at radius 3 is 2.94 bits per heavy atom. The quantitative estimate of drug-likeness (QED) is 0.646. The Morgan fingerprint density at radius 2 is 2.11 bits per heavy atom. The normalized spacial score (nSPS) is 18.3. The molecule has 1 fully saturated rings. The SMILES string of the molecule is [O-]C(=NC1CCCCC1)c1ccnc2[nH]ccc12. The molecule has 3 rings (SSSR count). The maximum absolute atomic E-state index is 12.2. The van der Waals surface area contributed by atoms with Crippen molar-refractivity contribution in [1.29, 1.82) is 0 Å². The van der Waals surface area contributed by atoms with E-state index in [1.807, 2.05) is 6.07 Å². The molecule has 1 aliphatic rings. The molecule has 18 heavy (non-hydrogen) atoms. The van der Waals surface area contributed by atoms with Gasteiger partial charge < -0.3 is 10.1 Å². The van der Waals surface area contributed by atoms with Gasteiger partial charge in [-0.2, -0.15) is 0 Å². The predicted molar refractivity (Wildman–Crippen MR) is 69.5 cm³/mol. The zero-order chi connectivity index (χ0) is 12.4. The van der Waals surface area contributed by atoms with Gasteiger partial charge in [-0.05, 0) is 36.4 Å². The summed E-state index contributed by atoms with van der Waals surface area (Å²) in [6.45, 7) is 0. The molecule has 1 aliphatic carbocycles. The van der Waals surface area contributed by atoms with Crippen LogP contribution in [0.5, 0.6) is 0 Å². The van der Waals surface area contributed by atoms with E-state index >= 15 is 0 Å². The number of nitrogens with zero attached hydrogens (tertiary/aromatic N) is 2. The lowest BCUT2D eigenvalue weighted by Crippen LogP contribution is -2.23. The average molecular weight is 242 g/mol. The Morgan fingerprint density at radius 1 is 1.28 bits per heavy atom. The molecular formula is C14H16N3O-. The van der Waals surface area contributed by atoms with Gasteiger partial charge in [0, 0.05) is 23.8 Å². The van der Waals surface area contributed by atoms with Gasteiger partial charge >= 0.3 is 0 Å². The first-order valence-electron chi connectivity index (χ1n) is 6.52. The fraction of sp³-hybridized carbons (Fsp3) is 0.429. The van der Waals surface area contributed by atoms with Crippen LogP contribution in [0.1, 0.15) is 37.7 Å². The molecule has 0 radical (unpaired) electrons. The van der Waals surface area contributed by atoms with E-state index in [0.717, 1.165) is 23.9 Å². The molecule has 0 unspecified atom stereocenters. The smallest absolute Gasteiger partial charge is 0.137 e. The summed E-state index contributed by atoms with van der Waals surface area (Å²) >= 11 is 0. The van der Waals surface area contributed by atoms with Crippen LogP contribution in [-0.4, -0.2) is 21.9 Å². The van der Waals surface area contributed by atoms with Gasteiger partial charge in [-0.3, -0.25) is 4.99 Å². The highest BCUT2D eigenvalue weighted by Gasteiger charge is 2.12. The molecule has 0 atom stereocenters. The highest BCUT2D eigenvalue weighted by Crippen LogP contribution is 2.21. The van der Waals surface area contributed by atoms with Gasteiger partial charge in [0.05, 0.1) is 0 Å². The van der Waals surface area contributed by atoms with Crippen LogP contribution in [-0.2, 0) is 0 Å². The largest absolute Gasteiger partial charge is 0.858 e. The zero-order valence-electron chi connectivity index (χ0n) is 10.2. The van der Waals surface area contributed by atoms with Crippen LogP contribution in [0.25, 0.3) is 11.0 Å². The van der Waals surface area contributed by atoms with E-state index in [4.69, 9.17) is 0 Å². The van der Waals surface area contributed by atoms with Crippen molar-refractivity contribution >= 4 is 16.9 Å². The van der Waals surface area contributed by atoms with Crippen molar-refractivity contribution in [3.8, 4) is 0 Å². The molecule has 2 heterocycles. The second kappa shape index (κ2) is 4.80. The van der Waals surface area contributed by atoms with E-state index in [9.17, 15) is 5.11 Å². The van der Waals surface area contributed by atoms with Crippen LogP contribution in [0.2, 0.25) is 0 Å². The van der Waals surface area contributed by atoms with Crippen molar-refractivity contribution in [2.75, 3.05) is 0 Å². The van der Waals surface area contributed by atoms with E-state index in [1.54, 1.807) is 18.5 Å². The minimum atomic E-state index is -0.103. The van der Waals surface area contributed by atoms with Crippen molar-refractivity contribution in [3.63, 3.8) is 0 Å². The van der Waals surface area contributed by atoms with Crippen molar-refractivity contribution in [2.45, 2.75) is 38.1 Å². The first kappa shape index (κ1) is 11.3. The summed E-state index contributed by atoms with van der Waals surface area (Å²) < 4.78 is 0. The van der Waals surface area contributed by atoms with Crippen LogP contribution < -0.4 is 5.11 Å². The molecule has 94 valence electrons. The number of aliphatic imine (C=N–C) groups is 1. The minimum Gasteiger partial charge on any atom is -0.858 e. The number of aromatic amines is 1. The van der Waals surface area contributed by atoms with Crippen molar-refractivity contribution in [1.82, 2.24) is 9.97 Å². The summed E-state index contributed by atoms with van der Waals surface area (Å²) in [4.78, 5) is 11.6. The van der Waals surface area contributed by atoms with Gasteiger partial charge in [0.15, 0.2) is 0 Å². The average Bonchev–Trinajstić information content (AvgIpc) is 2.87. The van der Waals surface area contributed by atoms with Crippen LogP contribution >= 0.6 is 0 Å². The van der Waals surface area contributed by atoms with Gasteiger partial charge in [0.2, 0.25) is 0 Å². The molecular weight excluding hydrogens is 226 g/mol. The standard InChI is InChI=1S/C14H17N3O/c18-14(17-10-4-2-1-3-5-10)12-7-9-16-13-11(12)6-8-15-13/h6-10H,1-5H2,(H,15,16)(H,17,18)/p-1. The van der Waals surface area contributed by atoms with Crippen LogP contribution in [0, 0.1) is 0 Å². The molecule has 2 aromatic heterocycles. The minimum absolute atomic E-state index is 0.103. The number of aromatic nitrogens is 2. The van der Waals surface area contributed by atoms with Crippen LogP contribution in [0.3, 0.4) is 0 Å². The summed E-state index contributed by atoms with van der Waals surface area (Å²) in [5, 5.41) is 13.1. The summed E-state index contributed by atoms with van der Waals surface area (Å²) in [5.41, 5.74) is 1.41. The molecule has 1 N–H and O–H groups in total. The molecule has 0 saturated heterocycles. The van der Waals surface area contributed by atoms with Crippen LogP contribution in [0.15, 0.2) is 29.5 Å². The van der Waals surface area contributed by atoms with Crippen molar-refractivity contribution in [2.24, 2.45) is 4.99 Å². The maximum atomic E-state index is 12.2. The van der Waals surface area contributed by atoms with Gasteiger partial charge in [0.1, 0.15) is 5.65 Å². The number of rotatable bonds is 2. The number of H-pyrrole nitrogens is 1. The summed E-state index contributed by atoms with van der Waals surface area (Å²) in [5.74, 6) is -0.103. The van der Waals surface area contributed by atoms with Crippen molar-refractivity contribution < 1.29 is 5.11 Å². The molecule has 2 aromatic rings. The second-order valence-corrected chi connectivity index (χ2v) is 4.82. The third-order valence-electron chi connectivity index (χ3n) is 3.57. The fourth-order valence-corrected chi connectivity index (χ4v) is 2.59. The molecule has 0 aromatic carbocycles. The number of pyridine rings is 1. The highest BCUT2D eigenvalue weighted by atomic mass is 16.3.